The summed E-state index contributed by atoms with van der Waals surface area (Å²) in [6.45, 7) is 1.86. The third kappa shape index (κ3) is 6.05. The molecule has 2 N–H and O–H groups in total. The minimum atomic E-state index is -4.72. The van der Waals surface area contributed by atoms with Crippen LogP contribution in [0.3, 0.4) is 0 Å². The molecule has 0 saturated carbocycles. The van der Waals surface area contributed by atoms with Gasteiger partial charge in [-0.3, -0.25) is 4.79 Å². The number of anilines is 2. The minimum absolute atomic E-state index is 0.0619. The lowest BCUT2D eigenvalue weighted by molar-refractivity contribution is -0.144. The molecule has 2 aliphatic heterocycles. The number of carbonyl (C=O) groups excluding carboxylic acids is 1. The molecule has 1 atom stereocenters. The van der Waals surface area contributed by atoms with E-state index >= 15 is 0 Å². The maximum absolute atomic E-state index is 13.7. The lowest BCUT2D eigenvalue weighted by Gasteiger charge is -2.33. The van der Waals surface area contributed by atoms with Gasteiger partial charge in [-0.25, -0.2) is 9.97 Å². The van der Waals surface area contributed by atoms with E-state index in [1.165, 1.54) is 6.07 Å². The normalized spacial score (nSPS) is 18.8. The lowest BCUT2D eigenvalue weighted by atomic mass is 9.98. The van der Waals surface area contributed by atoms with Gasteiger partial charge in [-0.1, -0.05) is 12.1 Å². The standard InChI is InChI=1S/C25H29F3N6O2/c26-25(27,28)24-31-21(33-12-8-19(16-35)9-13-33)14-22(32-24)34-11-1-2-20(34)23(36)30-10-7-17-3-5-18(15-29)6-4-17/h3-6,14,19-20,35H,1-2,7-13,16H2,(H,30,36)/t20-/m0/s1. The zero-order valence-electron chi connectivity index (χ0n) is 19.8. The third-order valence-corrected chi connectivity index (χ3v) is 6.80. The van der Waals surface area contributed by atoms with Crippen LogP contribution < -0.4 is 15.1 Å². The van der Waals surface area contributed by atoms with Gasteiger partial charge in [0, 0.05) is 38.9 Å². The molecule has 1 aromatic heterocycles. The molecule has 1 amide bonds. The van der Waals surface area contributed by atoms with Crippen molar-refractivity contribution in [3.05, 3.63) is 47.3 Å². The van der Waals surface area contributed by atoms with Crippen LogP contribution in [0.1, 0.15) is 42.6 Å². The predicted molar refractivity (Wildman–Crippen MR) is 127 cm³/mol. The van der Waals surface area contributed by atoms with Crippen molar-refractivity contribution in [3.8, 4) is 6.07 Å². The van der Waals surface area contributed by atoms with E-state index in [-0.39, 0.29) is 30.1 Å². The van der Waals surface area contributed by atoms with Gasteiger partial charge in [-0.15, -0.1) is 0 Å². The van der Waals surface area contributed by atoms with E-state index in [1.807, 2.05) is 12.1 Å². The highest BCUT2D eigenvalue weighted by Crippen LogP contribution is 2.33. The number of aromatic nitrogens is 2. The van der Waals surface area contributed by atoms with Crippen molar-refractivity contribution in [3.63, 3.8) is 0 Å². The Hall–Kier alpha value is -3.39. The molecule has 11 heteroatoms. The van der Waals surface area contributed by atoms with Gasteiger partial charge in [-0.05, 0) is 55.7 Å². The fourth-order valence-corrected chi connectivity index (χ4v) is 4.71. The van der Waals surface area contributed by atoms with Crippen molar-refractivity contribution in [1.82, 2.24) is 15.3 Å². The molecule has 0 radical (unpaired) electrons. The Kier molecular flexibility index (Phi) is 7.94. The van der Waals surface area contributed by atoms with E-state index < -0.39 is 18.0 Å². The van der Waals surface area contributed by atoms with Gasteiger partial charge < -0.3 is 20.2 Å². The number of nitriles is 1. The molecular formula is C25H29F3N6O2. The van der Waals surface area contributed by atoms with Crippen LogP contribution in [-0.4, -0.2) is 59.8 Å². The number of nitrogens with zero attached hydrogens (tertiary/aromatic N) is 5. The van der Waals surface area contributed by atoms with Crippen LogP contribution in [0, 0.1) is 17.2 Å². The number of piperidine rings is 1. The average Bonchev–Trinajstić information content (AvgIpc) is 3.39. The maximum atomic E-state index is 13.7. The Bertz CT molecular complexity index is 1090. The summed E-state index contributed by atoms with van der Waals surface area (Å²) < 4.78 is 41.0. The molecule has 0 spiro atoms. The number of carbonyl (C=O) groups is 1. The van der Waals surface area contributed by atoms with Crippen LogP contribution in [0.25, 0.3) is 0 Å². The smallest absolute Gasteiger partial charge is 0.396 e. The summed E-state index contributed by atoms with van der Waals surface area (Å²) in [6, 6.07) is 10.1. The molecule has 2 aliphatic rings. The fraction of sp³-hybridized carbons (Fsp3) is 0.520. The zero-order chi connectivity index (χ0) is 25.7. The molecule has 36 heavy (non-hydrogen) atoms. The van der Waals surface area contributed by atoms with E-state index in [9.17, 15) is 23.1 Å². The number of alkyl halides is 3. The number of hydrogen-bond acceptors (Lipinski definition) is 7. The summed E-state index contributed by atoms with van der Waals surface area (Å²) in [4.78, 5) is 24.0. The van der Waals surface area contributed by atoms with Crippen LogP contribution >= 0.6 is 0 Å². The number of benzene rings is 1. The molecule has 3 heterocycles. The maximum Gasteiger partial charge on any atom is 0.451 e. The Balaban J connectivity index is 1.47. The summed E-state index contributed by atoms with van der Waals surface area (Å²) in [6.07, 6.45) is -1.62. The number of amides is 1. The zero-order valence-corrected chi connectivity index (χ0v) is 19.8. The Morgan fingerprint density at radius 2 is 1.81 bits per heavy atom. The molecule has 2 saturated heterocycles. The first-order valence-electron chi connectivity index (χ1n) is 12.1. The van der Waals surface area contributed by atoms with Gasteiger partial charge >= 0.3 is 6.18 Å². The number of aliphatic hydroxyl groups excluding tert-OH is 1. The highest BCUT2D eigenvalue weighted by molar-refractivity contribution is 5.85. The second-order valence-corrected chi connectivity index (χ2v) is 9.22. The molecule has 2 aromatic rings. The SMILES string of the molecule is N#Cc1ccc(CCNC(=O)[C@@H]2CCCN2c2cc(N3CCC(CO)CC3)nc(C(F)(F)F)n2)cc1. The number of hydrogen-bond donors (Lipinski definition) is 2. The Morgan fingerprint density at radius 1 is 1.11 bits per heavy atom. The van der Waals surface area contributed by atoms with Gasteiger partial charge in [0.1, 0.15) is 17.7 Å². The van der Waals surface area contributed by atoms with Crippen molar-refractivity contribution >= 4 is 17.5 Å². The predicted octanol–water partition coefficient (Wildman–Crippen LogP) is 2.90. The topological polar surface area (TPSA) is 105 Å². The van der Waals surface area contributed by atoms with Gasteiger partial charge in [0.15, 0.2) is 0 Å². The lowest BCUT2D eigenvalue weighted by Crippen LogP contribution is -2.44. The fourth-order valence-electron chi connectivity index (χ4n) is 4.71. The Morgan fingerprint density at radius 3 is 2.44 bits per heavy atom. The van der Waals surface area contributed by atoms with Crippen LogP contribution in [-0.2, 0) is 17.4 Å². The average molecular weight is 503 g/mol. The van der Waals surface area contributed by atoms with Gasteiger partial charge in [0.25, 0.3) is 0 Å². The van der Waals surface area contributed by atoms with Crippen LogP contribution in [0.5, 0.6) is 0 Å². The van der Waals surface area contributed by atoms with Crippen molar-refractivity contribution in [1.29, 1.82) is 5.26 Å². The molecule has 4 rings (SSSR count). The van der Waals surface area contributed by atoms with E-state index in [4.69, 9.17) is 5.26 Å². The largest absolute Gasteiger partial charge is 0.451 e. The first-order valence-corrected chi connectivity index (χ1v) is 12.1. The summed E-state index contributed by atoms with van der Waals surface area (Å²) in [5, 5.41) is 21.2. The molecule has 8 nitrogen and oxygen atoms in total. The summed E-state index contributed by atoms with van der Waals surface area (Å²) in [5.41, 5.74) is 1.53. The number of halogens is 3. The van der Waals surface area contributed by atoms with E-state index in [2.05, 4.69) is 21.4 Å². The molecule has 0 unspecified atom stereocenters. The minimum Gasteiger partial charge on any atom is -0.396 e. The third-order valence-electron chi connectivity index (χ3n) is 6.80. The molecular weight excluding hydrogens is 473 g/mol. The van der Waals surface area contributed by atoms with Gasteiger partial charge in [0.2, 0.25) is 11.7 Å². The first-order chi connectivity index (χ1) is 17.3. The van der Waals surface area contributed by atoms with E-state index in [1.54, 1.807) is 21.9 Å². The highest BCUT2D eigenvalue weighted by atomic mass is 19.4. The Labute approximate surface area is 207 Å². The number of aliphatic hydroxyl groups is 1. The second kappa shape index (κ2) is 11.1. The van der Waals surface area contributed by atoms with E-state index in [0.717, 1.165) is 5.56 Å². The van der Waals surface area contributed by atoms with Crippen molar-refractivity contribution in [2.24, 2.45) is 5.92 Å². The number of nitrogens with one attached hydrogen (secondary N) is 1. The summed E-state index contributed by atoms with van der Waals surface area (Å²) in [5.74, 6) is -1.04. The molecule has 192 valence electrons. The van der Waals surface area contributed by atoms with Crippen molar-refractivity contribution < 1.29 is 23.1 Å². The first kappa shape index (κ1) is 25.7. The monoisotopic (exact) mass is 502 g/mol. The van der Waals surface area contributed by atoms with Gasteiger partial charge in [-0.2, -0.15) is 18.4 Å². The second-order valence-electron chi connectivity index (χ2n) is 9.22. The van der Waals surface area contributed by atoms with Crippen molar-refractivity contribution in [2.75, 3.05) is 42.6 Å². The van der Waals surface area contributed by atoms with Gasteiger partial charge in [0.05, 0.1) is 11.6 Å². The molecule has 2 fully saturated rings. The van der Waals surface area contributed by atoms with Crippen LogP contribution in [0.15, 0.2) is 30.3 Å². The summed E-state index contributed by atoms with van der Waals surface area (Å²) in [7, 11) is 0. The number of rotatable bonds is 7. The molecule has 0 bridgehead atoms. The van der Waals surface area contributed by atoms with Crippen LogP contribution in [0.2, 0.25) is 0 Å². The highest BCUT2D eigenvalue weighted by Gasteiger charge is 2.38. The summed E-state index contributed by atoms with van der Waals surface area (Å²) >= 11 is 0. The molecule has 1 aromatic carbocycles. The van der Waals surface area contributed by atoms with Crippen molar-refractivity contribution in [2.45, 2.75) is 44.3 Å². The quantitative estimate of drug-likeness (QED) is 0.600. The molecule has 0 aliphatic carbocycles. The van der Waals surface area contributed by atoms with Crippen LogP contribution in [0.4, 0.5) is 24.8 Å². The van der Waals surface area contributed by atoms with E-state index in [0.29, 0.717) is 63.8 Å².